The average molecular weight is 226 g/mol. The summed E-state index contributed by atoms with van der Waals surface area (Å²) < 4.78 is 5.79. The minimum absolute atomic E-state index is 0.216. The SMILES string of the molecule is CCO[C@H](c1ccc(Cl)cc1)C1CNC1. The van der Waals surface area contributed by atoms with Crippen LogP contribution in [-0.2, 0) is 4.74 Å². The van der Waals surface area contributed by atoms with E-state index in [-0.39, 0.29) is 6.10 Å². The highest BCUT2D eigenvalue weighted by atomic mass is 35.5. The lowest BCUT2D eigenvalue weighted by atomic mass is 9.91. The van der Waals surface area contributed by atoms with Crippen LogP contribution < -0.4 is 5.32 Å². The molecule has 0 unspecified atom stereocenters. The van der Waals surface area contributed by atoms with Crippen molar-refractivity contribution in [3.63, 3.8) is 0 Å². The number of hydrogen-bond acceptors (Lipinski definition) is 2. The van der Waals surface area contributed by atoms with Crippen molar-refractivity contribution in [3.8, 4) is 0 Å². The Morgan fingerprint density at radius 1 is 1.40 bits per heavy atom. The molecule has 1 aliphatic heterocycles. The molecule has 15 heavy (non-hydrogen) atoms. The van der Waals surface area contributed by atoms with E-state index in [0.29, 0.717) is 5.92 Å². The summed E-state index contributed by atoms with van der Waals surface area (Å²) in [5, 5.41) is 4.05. The van der Waals surface area contributed by atoms with Crippen molar-refractivity contribution < 1.29 is 4.74 Å². The summed E-state index contributed by atoms with van der Waals surface area (Å²) in [6.07, 6.45) is 0.216. The third-order valence-electron chi connectivity index (χ3n) is 2.79. The second kappa shape index (κ2) is 4.97. The van der Waals surface area contributed by atoms with E-state index in [1.165, 1.54) is 5.56 Å². The Hall–Kier alpha value is -0.570. The van der Waals surface area contributed by atoms with Gasteiger partial charge in [-0.25, -0.2) is 0 Å². The van der Waals surface area contributed by atoms with Gasteiger partial charge in [0.1, 0.15) is 0 Å². The first-order valence-electron chi connectivity index (χ1n) is 5.39. The Labute approximate surface area is 95.6 Å². The summed E-state index contributed by atoms with van der Waals surface area (Å²) in [5.41, 5.74) is 1.23. The molecule has 1 aromatic rings. The molecule has 1 heterocycles. The Bertz CT molecular complexity index is 308. The molecule has 0 amide bonds. The third kappa shape index (κ3) is 2.51. The molecule has 1 fully saturated rings. The van der Waals surface area contributed by atoms with Crippen LogP contribution in [0.1, 0.15) is 18.6 Å². The standard InChI is InChI=1S/C12H16ClNO/c1-2-15-12(10-7-14-8-10)9-3-5-11(13)6-4-9/h3-6,10,12,14H,2,7-8H2,1H3/t12-/m1/s1. The van der Waals surface area contributed by atoms with Crippen LogP contribution >= 0.6 is 11.6 Å². The van der Waals surface area contributed by atoms with Crippen LogP contribution in [0.4, 0.5) is 0 Å². The van der Waals surface area contributed by atoms with E-state index in [2.05, 4.69) is 17.4 Å². The molecule has 2 nitrogen and oxygen atoms in total. The highest BCUT2D eigenvalue weighted by Crippen LogP contribution is 2.29. The van der Waals surface area contributed by atoms with Crippen LogP contribution in [0.15, 0.2) is 24.3 Å². The number of halogens is 1. The van der Waals surface area contributed by atoms with Gasteiger partial charge in [0.25, 0.3) is 0 Å². The first-order chi connectivity index (χ1) is 7.31. The molecule has 3 heteroatoms. The van der Waals surface area contributed by atoms with Crippen molar-refractivity contribution in [1.82, 2.24) is 5.32 Å². The van der Waals surface area contributed by atoms with E-state index in [1.54, 1.807) is 0 Å². The molecule has 1 aliphatic rings. The van der Waals surface area contributed by atoms with E-state index < -0.39 is 0 Å². The normalized spacial score (nSPS) is 18.5. The van der Waals surface area contributed by atoms with Crippen LogP contribution in [-0.4, -0.2) is 19.7 Å². The van der Waals surface area contributed by atoms with Gasteiger partial charge in [0.05, 0.1) is 6.10 Å². The largest absolute Gasteiger partial charge is 0.373 e. The number of rotatable bonds is 4. The van der Waals surface area contributed by atoms with E-state index in [9.17, 15) is 0 Å². The zero-order valence-corrected chi connectivity index (χ0v) is 9.63. The Morgan fingerprint density at radius 3 is 2.53 bits per heavy atom. The molecule has 0 saturated carbocycles. The molecule has 0 bridgehead atoms. The lowest BCUT2D eigenvalue weighted by Crippen LogP contribution is -2.45. The first kappa shape index (κ1) is 10.9. The molecular weight excluding hydrogens is 210 g/mol. The van der Waals surface area contributed by atoms with Gasteiger partial charge in [0.15, 0.2) is 0 Å². The number of benzene rings is 1. The zero-order valence-electron chi connectivity index (χ0n) is 8.87. The minimum atomic E-state index is 0.216. The summed E-state index contributed by atoms with van der Waals surface area (Å²) in [6, 6.07) is 7.96. The van der Waals surface area contributed by atoms with Crippen LogP contribution in [0.2, 0.25) is 5.02 Å². The molecule has 1 aromatic carbocycles. The molecule has 1 atom stereocenters. The third-order valence-corrected chi connectivity index (χ3v) is 3.04. The molecule has 0 spiro atoms. The van der Waals surface area contributed by atoms with E-state index in [1.807, 2.05) is 19.1 Å². The molecule has 1 saturated heterocycles. The van der Waals surface area contributed by atoms with Crippen LogP contribution in [0.3, 0.4) is 0 Å². The Balaban J connectivity index is 2.12. The van der Waals surface area contributed by atoms with Crippen LogP contribution in [0.25, 0.3) is 0 Å². The van der Waals surface area contributed by atoms with Gasteiger partial charge in [-0.2, -0.15) is 0 Å². The van der Waals surface area contributed by atoms with Gasteiger partial charge in [-0.05, 0) is 24.6 Å². The predicted molar refractivity (Wildman–Crippen MR) is 62.2 cm³/mol. The molecule has 0 aliphatic carbocycles. The zero-order chi connectivity index (χ0) is 10.7. The summed E-state index contributed by atoms with van der Waals surface area (Å²) in [5.74, 6) is 0.603. The van der Waals surface area contributed by atoms with Crippen LogP contribution in [0.5, 0.6) is 0 Å². The first-order valence-corrected chi connectivity index (χ1v) is 5.77. The highest BCUT2D eigenvalue weighted by Gasteiger charge is 2.28. The van der Waals surface area contributed by atoms with Gasteiger partial charge in [-0.1, -0.05) is 23.7 Å². The summed E-state index contributed by atoms with van der Waals surface area (Å²) >= 11 is 5.87. The van der Waals surface area contributed by atoms with Crippen LogP contribution in [0, 0.1) is 5.92 Å². The maximum atomic E-state index is 5.87. The number of hydrogen-bond donors (Lipinski definition) is 1. The van der Waals surface area contributed by atoms with Crippen molar-refractivity contribution in [2.75, 3.05) is 19.7 Å². The Morgan fingerprint density at radius 2 is 2.07 bits per heavy atom. The van der Waals surface area contributed by atoms with Crippen molar-refractivity contribution >= 4 is 11.6 Å². The van der Waals surface area contributed by atoms with Crippen molar-refractivity contribution in [2.24, 2.45) is 5.92 Å². The molecule has 82 valence electrons. The predicted octanol–water partition coefficient (Wildman–Crippen LogP) is 2.64. The fourth-order valence-electron chi connectivity index (χ4n) is 1.86. The van der Waals surface area contributed by atoms with E-state index >= 15 is 0 Å². The fourth-order valence-corrected chi connectivity index (χ4v) is 1.99. The highest BCUT2D eigenvalue weighted by molar-refractivity contribution is 6.30. The summed E-state index contributed by atoms with van der Waals surface area (Å²) in [4.78, 5) is 0. The minimum Gasteiger partial charge on any atom is -0.373 e. The lowest BCUT2D eigenvalue weighted by Gasteiger charge is -2.34. The summed E-state index contributed by atoms with van der Waals surface area (Å²) in [6.45, 7) is 4.89. The second-order valence-corrected chi connectivity index (χ2v) is 4.28. The fraction of sp³-hybridized carbons (Fsp3) is 0.500. The van der Waals surface area contributed by atoms with Gasteiger partial charge >= 0.3 is 0 Å². The lowest BCUT2D eigenvalue weighted by molar-refractivity contribution is 0.000437. The van der Waals surface area contributed by atoms with E-state index in [0.717, 1.165) is 24.7 Å². The maximum absolute atomic E-state index is 5.87. The smallest absolute Gasteiger partial charge is 0.0877 e. The van der Waals surface area contributed by atoms with Crippen molar-refractivity contribution in [1.29, 1.82) is 0 Å². The Kier molecular flexibility index (Phi) is 3.62. The summed E-state index contributed by atoms with van der Waals surface area (Å²) in [7, 11) is 0. The number of ether oxygens (including phenoxy) is 1. The maximum Gasteiger partial charge on any atom is 0.0877 e. The quantitative estimate of drug-likeness (QED) is 0.851. The van der Waals surface area contributed by atoms with Gasteiger partial charge < -0.3 is 10.1 Å². The second-order valence-electron chi connectivity index (χ2n) is 3.85. The van der Waals surface area contributed by atoms with E-state index in [4.69, 9.17) is 16.3 Å². The van der Waals surface area contributed by atoms with Gasteiger partial charge in [0.2, 0.25) is 0 Å². The molecule has 2 rings (SSSR count). The van der Waals surface area contributed by atoms with Gasteiger partial charge in [0, 0.05) is 30.6 Å². The molecule has 0 radical (unpaired) electrons. The molecular formula is C12H16ClNO. The molecule has 0 aromatic heterocycles. The topological polar surface area (TPSA) is 21.3 Å². The monoisotopic (exact) mass is 225 g/mol. The van der Waals surface area contributed by atoms with Crippen molar-refractivity contribution in [3.05, 3.63) is 34.9 Å². The molecule has 1 N–H and O–H groups in total. The average Bonchev–Trinajstić information content (AvgIpc) is 2.16. The van der Waals surface area contributed by atoms with Crippen molar-refractivity contribution in [2.45, 2.75) is 13.0 Å². The number of nitrogens with one attached hydrogen (secondary N) is 1. The van der Waals surface area contributed by atoms with Gasteiger partial charge in [-0.15, -0.1) is 0 Å². The van der Waals surface area contributed by atoms with Gasteiger partial charge in [-0.3, -0.25) is 0 Å².